The van der Waals surface area contributed by atoms with Crippen molar-refractivity contribution in [1.29, 1.82) is 0 Å². The zero-order chi connectivity index (χ0) is 27.8. The van der Waals surface area contributed by atoms with E-state index in [9.17, 15) is 9.90 Å². The molecule has 39 heavy (non-hydrogen) atoms. The summed E-state index contributed by atoms with van der Waals surface area (Å²) in [5.74, 6) is -0.0535. The standard InChI is InChI=1S/C35H36O4/c1-34(2)17-18-35(3,4)32-30(34)20-27(21-31(32)39-22-38-5)29-19-26(23-11-13-25(14-12-23)33(36)37)15-16-28(29)24-9-7-6-8-10-24/h6-16,19-21H,17-18,22H2,1-5H3,(H,36,37). The maximum Gasteiger partial charge on any atom is 0.335 e. The Labute approximate surface area is 231 Å². The van der Waals surface area contributed by atoms with E-state index in [1.165, 1.54) is 11.1 Å². The molecule has 0 fully saturated rings. The number of hydrogen-bond acceptors (Lipinski definition) is 3. The molecule has 4 aromatic rings. The van der Waals surface area contributed by atoms with Crippen molar-refractivity contribution in [3.8, 4) is 39.1 Å². The number of carbonyl (C=O) groups is 1. The van der Waals surface area contributed by atoms with E-state index in [2.05, 4.69) is 82.3 Å². The van der Waals surface area contributed by atoms with Crippen LogP contribution >= 0.6 is 0 Å². The Morgan fingerprint density at radius 1 is 0.744 bits per heavy atom. The molecule has 5 rings (SSSR count). The second-order valence-electron chi connectivity index (χ2n) is 11.7. The van der Waals surface area contributed by atoms with Crippen molar-refractivity contribution in [2.45, 2.75) is 51.4 Å². The molecule has 0 unspecified atom stereocenters. The summed E-state index contributed by atoms with van der Waals surface area (Å²) in [7, 11) is 1.65. The first-order valence-corrected chi connectivity index (χ1v) is 13.4. The molecule has 4 nitrogen and oxygen atoms in total. The molecule has 1 aliphatic rings. The summed E-state index contributed by atoms with van der Waals surface area (Å²) >= 11 is 0. The van der Waals surface area contributed by atoms with E-state index < -0.39 is 5.97 Å². The van der Waals surface area contributed by atoms with E-state index in [4.69, 9.17) is 9.47 Å². The van der Waals surface area contributed by atoms with Crippen LogP contribution in [0, 0.1) is 0 Å². The van der Waals surface area contributed by atoms with Gasteiger partial charge in [0.05, 0.1) is 5.56 Å². The van der Waals surface area contributed by atoms with Crippen LogP contribution in [0.15, 0.2) is 84.9 Å². The van der Waals surface area contributed by atoms with Gasteiger partial charge in [0.1, 0.15) is 5.75 Å². The van der Waals surface area contributed by atoms with E-state index in [1.807, 2.05) is 18.2 Å². The van der Waals surface area contributed by atoms with Crippen molar-refractivity contribution in [3.63, 3.8) is 0 Å². The monoisotopic (exact) mass is 520 g/mol. The molecule has 0 saturated carbocycles. The number of aromatic carboxylic acids is 1. The minimum Gasteiger partial charge on any atom is -0.478 e. The lowest BCUT2D eigenvalue weighted by molar-refractivity contribution is 0.0491. The molecule has 4 heteroatoms. The van der Waals surface area contributed by atoms with Gasteiger partial charge in [-0.2, -0.15) is 0 Å². The van der Waals surface area contributed by atoms with Crippen LogP contribution in [-0.4, -0.2) is 25.0 Å². The lowest BCUT2D eigenvalue weighted by atomic mass is 9.62. The molecule has 0 heterocycles. The van der Waals surface area contributed by atoms with Gasteiger partial charge in [-0.15, -0.1) is 0 Å². The van der Waals surface area contributed by atoms with Crippen molar-refractivity contribution in [2.24, 2.45) is 0 Å². The number of methoxy groups -OCH3 is 1. The van der Waals surface area contributed by atoms with E-state index in [1.54, 1.807) is 19.2 Å². The Morgan fingerprint density at radius 3 is 2.08 bits per heavy atom. The summed E-state index contributed by atoms with van der Waals surface area (Å²) in [6.07, 6.45) is 2.19. The fourth-order valence-electron chi connectivity index (χ4n) is 5.76. The highest BCUT2D eigenvalue weighted by atomic mass is 16.7. The van der Waals surface area contributed by atoms with Gasteiger partial charge in [0, 0.05) is 12.7 Å². The SMILES string of the molecule is COCOc1cc(-c2cc(-c3ccc(C(=O)O)cc3)ccc2-c2ccccc2)cc2c1C(C)(C)CCC2(C)C. The zero-order valence-electron chi connectivity index (χ0n) is 23.4. The number of carboxylic acid groups (broad SMARTS) is 1. The van der Waals surface area contributed by atoms with E-state index in [0.717, 1.165) is 52.0 Å². The Hall–Kier alpha value is -3.89. The lowest BCUT2D eigenvalue weighted by Gasteiger charge is -2.43. The van der Waals surface area contributed by atoms with Gasteiger partial charge in [-0.1, -0.05) is 88.4 Å². The van der Waals surface area contributed by atoms with Crippen molar-refractivity contribution in [1.82, 2.24) is 0 Å². The molecule has 1 N–H and O–H groups in total. The number of fused-ring (bicyclic) bond motifs is 1. The normalized spacial score (nSPS) is 15.4. The van der Waals surface area contributed by atoms with Crippen LogP contribution < -0.4 is 4.74 Å². The van der Waals surface area contributed by atoms with Gasteiger partial charge >= 0.3 is 5.97 Å². The first-order valence-electron chi connectivity index (χ1n) is 13.4. The molecule has 0 amide bonds. The summed E-state index contributed by atoms with van der Waals surface area (Å²) in [6.45, 7) is 9.44. The smallest absolute Gasteiger partial charge is 0.335 e. The van der Waals surface area contributed by atoms with Gasteiger partial charge in [-0.3, -0.25) is 0 Å². The molecule has 0 aromatic heterocycles. The van der Waals surface area contributed by atoms with Crippen LogP contribution in [0.3, 0.4) is 0 Å². The molecular weight excluding hydrogens is 484 g/mol. The second kappa shape index (κ2) is 10.3. The fraction of sp³-hybridized carbons (Fsp3) is 0.286. The van der Waals surface area contributed by atoms with Crippen LogP contribution in [0.2, 0.25) is 0 Å². The summed E-state index contributed by atoms with van der Waals surface area (Å²) in [6, 6.07) is 28.5. The van der Waals surface area contributed by atoms with Gasteiger partial charge in [-0.25, -0.2) is 4.79 Å². The number of rotatable bonds is 7. The molecule has 200 valence electrons. The number of benzene rings is 4. The molecule has 4 aromatic carbocycles. The van der Waals surface area contributed by atoms with Crippen LogP contribution in [0.1, 0.15) is 62.0 Å². The Bertz CT molecular complexity index is 1500. The Kier molecular flexibility index (Phi) is 7.09. The average molecular weight is 521 g/mol. The maximum absolute atomic E-state index is 11.4. The van der Waals surface area contributed by atoms with Crippen LogP contribution in [0.25, 0.3) is 33.4 Å². The second-order valence-corrected chi connectivity index (χ2v) is 11.7. The summed E-state index contributed by atoms with van der Waals surface area (Å²) < 4.78 is 11.6. The van der Waals surface area contributed by atoms with Gasteiger partial charge in [-0.05, 0) is 86.9 Å². The van der Waals surface area contributed by atoms with Crippen LogP contribution in [0.5, 0.6) is 5.75 Å². The zero-order valence-corrected chi connectivity index (χ0v) is 23.4. The van der Waals surface area contributed by atoms with E-state index >= 15 is 0 Å². The first kappa shape index (κ1) is 26.7. The fourth-order valence-corrected chi connectivity index (χ4v) is 5.76. The average Bonchev–Trinajstić information content (AvgIpc) is 2.94. The predicted octanol–water partition coefficient (Wildman–Crippen LogP) is 8.72. The summed E-state index contributed by atoms with van der Waals surface area (Å²) in [4.78, 5) is 11.4. The highest BCUT2D eigenvalue weighted by molar-refractivity contribution is 5.90. The predicted molar refractivity (Wildman–Crippen MR) is 157 cm³/mol. The highest BCUT2D eigenvalue weighted by Crippen LogP contribution is 2.51. The first-order chi connectivity index (χ1) is 18.6. The molecule has 0 radical (unpaired) electrons. The summed E-state index contributed by atoms with van der Waals surface area (Å²) in [5, 5.41) is 9.34. The van der Waals surface area contributed by atoms with Crippen molar-refractivity contribution in [2.75, 3.05) is 13.9 Å². The van der Waals surface area contributed by atoms with Crippen molar-refractivity contribution < 1.29 is 19.4 Å². The van der Waals surface area contributed by atoms with E-state index in [0.29, 0.717) is 0 Å². The molecule has 0 spiro atoms. The number of ether oxygens (including phenoxy) is 2. The third-order valence-electron chi connectivity index (χ3n) is 8.10. The van der Waals surface area contributed by atoms with Gasteiger partial charge in [0.2, 0.25) is 0 Å². The van der Waals surface area contributed by atoms with Gasteiger partial charge in [0.25, 0.3) is 0 Å². The highest BCUT2D eigenvalue weighted by Gasteiger charge is 2.40. The molecule has 0 saturated heterocycles. The third kappa shape index (κ3) is 5.22. The molecule has 0 atom stereocenters. The molecule has 0 aliphatic heterocycles. The molecule has 1 aliphatic carbocycles. The third-order valence-corrected chi connectivity index (χ3v) is 8.10. The maximum atomic E-state index is 11.4. The number of hydrogen-bond donors (Lipinski definition) is 1. The largest absolute Gasteiger partial charge is 0.478 e. The van der Waals surface area contributed by atoms with Crippen LogP contribution in [0.4, 0.5) is 0 Å². The number of carboxylic acids is 1. The van der Waals surface area contributed by atoms with Crippen molar-refractivity contribution in [3.05, 3.63) is 102 Å². The Morgan fingerprint density at radius 2 is 1.41 bits per heavy atom. The minimum absolute atomic E-state index is 0.00320. The Balaban J connectivity index is 1.75. The molecular formula is C35H36O4. The van der Waals surface area contributed by atoms with Crippen LogP contribution in [-0.2, 0) is 15.6 Å². The summed E-state index contributed by atoms with van der Waals surface area (Å²) in [5.41, 5.74) is 9.31. The van der Waals surface area contributed by atoms with Gasteiger partial charge in [0.15, 0.2) is 6.79 Å². The minimum atomic E-state index is -0.926. The quantitative estimate of drug-likeness (QED) is 0.248. The van der Waals surface area contributed by atoms with E-state index in [-0.39, 0.29) is 23.2 Å². The lowest BCUT2D eigenvalue weighted by Crippen LogP contribution is -2.34. The van der Waals surface area contributed by atoms with Gasteiger partial charge < -0.3 is 14.6 Å². The topological polar surface area (TPSA) is 55.8 Å². The molecule has 0 bridgehead atoms. The van der Waals surface area contributed by atoms with Crippen molar-refractivity contribution >= 4 is 5.97 Å².